The van der Waals surface area contributed by atoms with Crippen LogP contribution < -0.4 is 9.64 Å². The molecule has 8 heteroatoms. The number of benzene rings is 1. The van der Waals surface area contributed by atoms with Crippen LogP contribution in [0.4, 0.5) is 10.3 Å². The molecule has 0 bridgehead atoms. The first-order valence-corrected chi connectivity index (χ1v) is 6.34. The third kappa shape index (κ3) is 3.51. The number of ether oxygens (including phenoxy) is 1. The van der Waals surface area contributed by atoms with Crippen molar-refractivity contribution in [3.8, 4) is 11.8 Å². The molecule has 0 fully saturated rings. The van der Waals surface area contributed by atoms with Crippen LogP contribution in [0.2, 0.25) is 5.28 Å². The first kappa shape index (κ1) is 14.0. The van der Waals surface area contributed by atoms with Crippen LogP contribution in [-0.4, -0.2) is 29.0 Å². The van der Waals surface area contributed by atoms with E-state index in [9.17, 15) is 4.39 Å². The molecule has 0 aliphatic rings. The number of aromatic nitrogens is 3. The summed E-state index contributed by atoms with van der Waals surface area (Å²) in [7, 11) is 3.52. The van der Waals surface area contributed by atoms with E-state index in [0.717, 1.165) is 0 Å². The van der Waals surface area contributed by atoms with Crippen LogP contribution in [0, 0.1) is 5.82 Å². The van der Waals surface area contributed by atoms with E-state index in [1.165, 1.54) is 12.1 Å². The van der Waals surface area contributed by atoms with Gasteiger partial charge in [-0.25, -0.2) is 4.39 Å². The SMILES string of the molecule is CN(C)c1nc(Cl)nc(Oc2ccc(Br)c(F)c2)n1. The van der Waals surface area contributed by atoms with Gasteiger partial charge < -0.3 is 9.64 Å². The van der Waals surface area contributed by atoms with Gasteiger partial charge in [-0.15, -0.1) is 0 Å². The Bertz CT molecular complexity index is 611. The summed E-state index contributed by atoms with van der Waals surface area (Å²) in [5.41, 5.74) is 0. The van der Waals surface area contributed by atoms with Gasteiger partial charge in [-0.3, -0.25) is 0 Å². The van der Waals surface area contributed by atoms with Crippen molar-refractivity contribution >= 4 is 33.5 Å². The zero-order valence-electron chi connectivity index (χ0n) is 10.1. The monoisotopic (exact) mass is 346 g/mol. The first-order chi connectivity index (χ1) is 8.95. The highest BCUT2D eigenvalue weighted by atomic mass is 79.9. The largest absolute Gasteiger partial charge is 0.424 e. The van der Waals surface area contributed by atoms with Crippen molar-refractivity contribution in [1.29, 1.82) is 0 Å². The summed E-state index contributed by atoms with van der Waals surface area (Å²) >= 11 is 8.82. The van der Waals surface area contributed by atoms with Crippen molar-refractivity contribution in [1.82, 2.24) is 15.0 Å². The van der Waals surface area contributed by atoms with E-state index in [-0.39, 0.29) is 17.0 Å². The molecule has 0 atom stereocenters. The fourth-order valence-corrected chi connectivity index (χ4v) is 1.61. The Morgan fingerprint density at radius 1 is 1.26 bits per heavy atom. The molecule has 1 aromatic heterocycles. The van der Waals surface area contributed by atoms with Crippen LogP contribution in [0.3, 0.4) is 0 Å². The number of nitrogens with zero attached hydrogens (tertiary/aromatic N) is 4. The Kier molecular flexibility index (Phi) is 4.16. The standard InChI is InChI=1S/C11H9BrClFN4O/c1-18(2)10-15-9(13)16-11(17-10)19-6-3-4-7(12)8(14)5-6/h3-5H,1-2H3. The molecule has 1 heterocycles. The summed E-state index contributed by atoms with van der Waals surface area (Å²) < 4.78 is 19.1. The fraction of sp³-hybridized carbons (Fsp3) is 0.182. The second-order valence-corrected chi connectivity index (χ2v) is 4.95. The van der Waals surface area contributed by atoms with Crippen molar-refractivity contribution in [2.45, 2.75) is 0 Å². The van der Waals surface area contributed by atoms with Crippen LogP contribution in [0.25, 0.3) is 0 Å². The Hall–Kier alpha value is -1.47. The van der Waals surface area contributed by atoms with E-state index in [1.807, 2.05) is 0 Å². The van der Waals surface area contributed by atoms with Crippen LogP contribution >= 0.6 is 27.5 Å². The fourth-order valence-electron chi connectivity index (χ4n) is 1.21. The van der Waals surface area contributed by atoms with Gasteiger partial charge in [0.05, 0.1) is 4.47 Å². The minimum atomic E-state index is -0.439. The Labute approximate surface area is 122 Å². The molecule has 0 aliphatic heterocycles. The van der Waals surface area contributed by atoms with Crippen LogP contribution in [-0.2, 0) is 0 Å². The maximum atomic E-state index is 13.4. The van der Waals surface area contributed by atoms with Crippen molar-refractivity contribution in [2.24, 2.45) is 0 Å². The van der Waals surface area contributed by atoms with Gasteiger partial charge in [0, 0.05) is 20.2 Å². The third-order valence-corrected chi connectivity index (χ3v) is 2.89. The second kappa shape index (κ2) is 5.66. The molecule has 0 N–H and O–H groups in total. The molecule has 100 valence electrons. The quantitative estimate of drug-likeness (QED) is 0.853. The Morgan fingerprint density at radius 3 is 2.63 bits per heavy atom. The average molecular weight is 348 g/mol. The van der Waals surface area contributed by atoms with Gasteiger partial charge in [0.25, 0.3) is 0 Å². The predicted molar refractivity (Wildman–Crippen MR) is 73.3 cm³/mol. The van der Waals surface area contributed by atoms with Gasteiger partial charge in [0.2, 0.25) is 11.2 Å². The summed E-state index contributed by atoms with van der Waals surface area (Å²) in [5.74, 6) is 0.186. The van der Waals surface area contributed by atoms with Crippen molar-refractivity contribution in [3.05, 3.63) is 33.8 Å². The lowest BCUT2D eigenvalue weighted by Crippen LogP contribution is -2.13. The van der Waals surface area contributed by atoms with Crippen molar-refractivity contribution < 1.29 is 9.13 Å². The van der Waals surface area contributed by atoms with Gasteiger partial charge in [0.15, 0.2) is 0 Å². The summed E-state index contributed by atoms with van der Waals surface area (Å²) in [5, 5.41) is 0.00582. The van der Waals surface area contributed by atoms with Gasteiger partial charge in [0.1, 0.15) is 11.6 Å². The second-order valence-electron chi connectivity index (χ2n) is 3.76. The highest BCUT2D eigenvalue weighted by molar-refractivity contribution is 9.10. The summed E-state index contributed by atoms with van der Waals surface area (Å²) in [6.07, 6.45) is 0. The minimum Gasteiger partial charge on any atom is -0.424 e. The zero-order valence-corrected chi connectivity index (χ0v) is 12.4. The van der Waals surface area contributed by atoms with E-state index in [1.54, 1.807) is 25.1 Å². The Balaban J connectivity index is 2.29. The molecule has 0 aliphatic carbocycles. The van der Waals surface area contributed by atoms with Gasteiger partial charge in [-0.2, -0.15) is 15.0 Å². The average Bonchev–Trinajstić information content (AvgIpc) is 2.33. The lowest BCUT2D eigenvalue weighted by molar-refractivity contribution is 0.435. The normalized spacial score (nSPS) is 10.4. The number of hydrogen-bond donors (Lipinski definition) is 0. The van der Waals surface area contributed by atoms with Crippen molar-refractivity contribution in [2.75, 3.05) is 19.0 Å². The van der Waals surface area contributed by atoms with E-state index >= 15 is 0 Å². The molecule has 1 aromatic carbocycles. The molecule has 5 nitrogen and oxygen atoms in total. The third-order valence-electron chi connectivity index (χ3n) is 2.08. The molecule has 2 aromatic rings. The molecular formula is C11H9BrClFN4O. The number of hydrogen-bond acceptors (Lipinski definition) is 5. The van der Waals surface area contributed by atoms with E-state index in [4.69, 9.17) is 16.3 Å². The molecular weight excluding hydrogens is 339 g/mol. The highest BCUT2D eigenvalue weighted by Crippen LogP contribution is 2.25. The van der Waals surface area contributed by atoms with Gasteiger partial charge in [-0.1, -0.05) is 0 Å². The molecule has 2 rings (SSSR count). The summed E-state index contributed by atoms with van der Waals surface area (Å²) in [6, 6.07) is 4.34. The number of anilines is 1. The van der Waals surface area contributed by atoms with E-state index in [2.05, 4.69) is 30.9 Å². The highest BCUT2D eigenvalue weighted by Gasteiger charge is 2.09. The molecule has 0 amide bonds. The van der Waals surface area contributed by atoms with Crippen LogP contribution in [0.15, 0.2) is 22.7 Å². The lowest BCUT2D eigenvalue weighted by Gasteiger charge is -2.11. The number of rotatable bonds is 3. The van der Waals surface area contributed by atoms with E-state index < -0.39 is 5.82 Å². The van der Waals surface area contributed by atoms with E-state index in [0.29, 0.717) is 10.4 Å². The molecule has 19 heavy (non-hydrogen) atoms. The minimum absolute atomic E-state index is 0.00502. The predicted octanol–water partition coefficient (Wildman–Crippen LogP) is 3.28. The zero-order chi connectivity index (χ0) is 14.0. The molecule has 0 spiro atoms. The Morgan fingerprint density at radius 2 is 2.00 bits per heavy atom. The maximum Gasteiger partial charge on any atom is 0.328 e. The molecule has 0 radical (unpaired) electrons. The molecule has 0 saturated carbocycles. The summed E-state index contributed by atoms with van der Waals surface area (Å²) in [6.45, 7) is 0. The summed E-state index contributed by atoms with van der Waals surface area (Å²) in [4.78, 5) is 13.4. The van der Waals surface area contributed by atoms with Crippen LogP contribution in [0.1, 0.15) is 0 Å². The van der Waals surface area contributed by atoms with Gasteiger partial charge in [-0.05, 0) is 39.7 Å². The maximum absolute atomic E-state index is 13.4. The lowest BCUT2D eigenvalue weighted by atomic mass is 10.3. The molecule has 0 unspecified atom stereocenters. The number of halogens is 3. The van der Waals surface area contributed by atoms with Crippen LogP contribution in [0.5, 0.6) is 11.8 Å². The topological polar surface area (TPSA) is 51.1 Å². The smallest absolute Gasteiger partial charge is 0.328 e. The molecule has 0 saturated heterocycles. The van der Waals surface area contributed by atoms with Crippen molar-refractivity contribution in [3.63, 3.8) is 0 Å². The first-order valence-electron chi connectivity index (χ1n) is 5.17. The van der Waals surface area contributed by atoms with Gasteiger partial charge >= 0.3 is 6.01 Å².